The van der Waals surface area contributed by atoms with Crippen molar-refractivity contribution in [3.63, 3.8) is 0 Å². The molecule has 8 heteroatoms. The third-order valence-corrected chi connectivity index (χ3v) is 7.44. The molecule has 2 rings (SSSR count). The van der Waals surface area contributed by atoms with Crippen LogP contribution in [0.5, 0.6) is 5.75 Å². The fourth-order valence-electron chi connectivity index (χ4n) is 2.64. The molecule has 0 radical (unpaired) electrons. The van der Waals surface area contributed by atoms with Crippen molar-refractivity contribution in [3.8, 4) is 11.8 Å². The molecule has 0 aromatic heterocycles. The van der Waals surface area contributed by atoms with Crippen molar-refractivity contribution < 1.29 is 17.9 Å². The summed E-state index contributed by atoms with van der Waals surface area (Å²) in [5.41, 5.74) is 1.07. The fraction of sp³-hybridized carbons (Fsp3) is 0.333. The zero-order chi connectivity index (χ0) is 21.6. The molecule has 0 saturated heterocycles. The van der Waals surface area contributed by atoms with E-state index in [2.05, 4.69) is 21.2 Å². The largest absolute Gasteiger partial charge is 0.412 e. The van der Waals surface area contributed by atoms with Gasteiger partial charge in [-0.2, -0.15) is 5.26 Å². The maximum absolute atomic E-state index is 12.9. The lowest BCUT2D eigenvalue weighted by Crippen LogP contribution is -2.45. The zero-order valence-corrected chi connectivity index (χ0v) is 18.8. The number of hydrogen-bond donors (Lipinski definition) is 1. The van der Waals surface area contributed by atoms with Gasteiger partial charge in [-0.15, -0.1) is 0 Å². The quantitative estimate of drug-likeness (QED) is 0.626. The molecule has 0 aliphatic rings. The Morgan fingerprint density at radius 1 is 1.14 bits per heavy atom. The Hall–Kier alpha value is -2.37. The standard InChI is InChI=1S/C21H23BrN2O4S/c1-14(2)19(24-21(25)28-20-7-5-4-6-18(20)22)13-29(26,27)15(3)17-10-8-16(12-23)9-11-17/h4-11,14-15,19H,13H2,1-3H3,(H,24,25). The monoisotopic (exact) mass is 478 g/mol. The molecular formula is C21H23BrN2O4S. The molecule has 0 bridgehead atoms. The number of nitrogens with one attached hydrogen (secondary N) is 1. The van der Waals surface area contributed by atoms with Gasteiger partial charge in [0.25, 0.3) is 0 Å². The van der Waals surface area contributed by atoms with Crippen molar-refractivity contribution >= 4 is 31.9 Å². The molecule has 0 heterocycles. The van der Waals surface area contributed by atoms with Crippen LogP contribution in [0.2, 0.25) is 0 Å². The minimum absolute atomic E-state index is 0.121. The second-order valence-electron chi connectivity index (χ2n) is 7.02. The molecule has 2 unspecified atom stereocenters. The van der Waals surface area contributed by atoms with E-state index >= 15 is 0 Å². The van der Waals surface area contributed by atoms with Crippen LogP contribution >= 0.6 is 15.9 Å². The van der Waals surface area contributed by atoms with E-state index in [0.717, 1.165) is 0 Å². The summed E-state index contributed by atoms with van der Waals surface area (Å²) < 4.78 is 31.8. The van der Waals surface area contributed by atoms with Crippen LogP contribution in [0.3, 0.4) is 0 Å². The van der Waals surface area contributed by atoms with Gasteiger partial charge in [0.05, 0.1) is 27.1 Å². The number of carbonyl (C=O) groups excluding carboxylic acids is 1. The molecule has 0 spiro atoms. The first-order valence-electron chi connectivity index (χ1n) is 9.08. The van der Waals surface area contributed by atoms with Crippen molar-refractivity contribution in [3.05, 3.63) is 64.1 Å². The Bertz CT molecular complexity index is 998. The summed E-state index contributed by atoms with van der Waals surface area (Å²) in [6, 6.07) is 14.8. The van der Waals surface area contributed by atoms with Crippen LogP contribution in [0.1, 0.15) is 37.1 Å². The second kappa shape index (κ2) is 9.90. The molecular weight excluding hydrogens is 456 g/mol. The second-order valence-corrected chi connectivity index (χ2v) is 10.2. The van der Waals surface area contributed by atoms with E-state index in [1.807, 2.05) is 19.9 Å². The van der Waals surface area contributed by atoms with Crippen LogP contribution in [0, 0.1) is 17.2 Å². The van der Waals surface area contributed by atoms with E-state index in [9.17, 15) is 13.2 Å². The third kappa shape index (κ3) is 6.31. The van der Waals surface area contributed by atoms with Gasteiger partial charge in [-0.1, -0.05) is 38.1 Å². The molecule has 0 aliphatic heterocycles. The highest BCUT2D eigenvalue weighted by Crippen LogP contribution is 2.26. The van der Waals surface area contributed by atoms with E-state index in [4.69, 9.17) is 10.00 Å². The number of rotatable bonds is 7. The Morgan fingerprint density at radius 2 is 1.76 bits per heavy atom. The van der Waals surface area contributed by atoms with Crippen molar-refractivity contribution in [2.75, 3.05) is 5.75 Å². The number of amides is 1. The number of nitriles is 1. The van der Waals surface area contributed by atoms with E-state index in [1.54, 1.807) is 55.5 Å². The molecule has 6 nitrogen and oxygen atoms in total. The molecule has 2 aromatic carbocycles. The summed E-state index contributed by atoms with van der Waals surface area (Å²) in [6.45, 7) is 5.28. The van der Waals surface area contributed by atoms with E-state index in [-0.39, 0.29) is 11.7 Å². The number of hydrogen-bond acceptors (Lipinski definition) is 5. The lowest BCUT2D eigenvalue weighted by atomic mass is 10.1. The molecule has 1 N–H and O–H groups in total. The summed E-state index contributed by atoms with van der Waals surface area (Å²) in [4.78, 5) is 12.3. The van der Waals surface area contributed by atoms with E-state index < -0.39 is 27.2 Å². The minimum Gasteiger partial charge on any atom is -0.409 e. The lowest BCUT2D eigenvalue weighted by Gasteiger charge is -2.24. The Kier molecular flexibility index (Phi) is 7.82. The van der Waals surface area contributed by atoms with Crippen molar-refractivity contribution in [1.29, 1.82) is 5.26 Å². The van der Waals surface area contributed by atoms with E-state index in [1.165, 1.54) is 0 Å². The third-order valence-electron chi connectivity index (χ3n) is 4.61. The van der Waals surface area contributed by atoms with Crippen LogP contribution in [0.4, 0.5) is 4.79 Å². The smallest absolute Gasteiger partial charge is 0.409 e. The van der Waals surface area contributed by atoms with Gasteiger partial charge < -0.3 is 10.1 Å². The maximum Gasteiger partial charge on any atom is 0.412 e. The molecule has 2 atom stereocenters. The predicted molar refractivity (Wildman–Crippen MR) is 115 cm³/mol. The zero-order valence-electron chi connectivity index (χ0n) is 16.4. The fourth-order valence-corrected chi connectivity index (χ4v) is 4.83. The first kappa shape index (κ1) is 22.9. The summed E-state index contributed by atoms with van der Waals surface area (Å²) in [5, 5.41) is 10.8. The predicted octanol–water partition coefficient (Wildman–Crippen LogP) is 4.61. The van der Waals surface area contributed by atoms with Gasteiger partial charge in [0.2, 0.25) is 0 Å². The molecule has 0 fully saturated rings. The molecule has 154 valence electrons. The number of benzene rings is 2. The number of carbonyl (C=O) groups is 1. The summed E-state index contributed by atoms with van der Waals surface area (Å²) in [6.07, 6.45) is -0.711. The topological polar surface area (TPSA) is 96.3 Å². The lowest BCUT2D eigenvalue weighted by molar-refractivity contribution is 0.193. The van der Waals surface area contributed by atoms with E-state index in [0.29, 0.717) is 21.3 Å². The maximum atomic E-state index is 12.9. The summed E-state index contributed by atoms with van der Waals surface area (Å²) in [5.74, 6) is 0.00249. The van der Waals surface area contributed by atoms with Gasteiger partial charge in [0, 0.05) is 6.04 Å². The molecule has 2 aromatic rings. The molecule has 0 aliphatic carbocycles. The average molecular weight is 479 g/mol. The number of para-hydroxylation sites is 1. The van der Waals surface area contributed by atoms with Gasteiger partial charge in [0.15, 0.2) is 9.84 Å². The number of ether oxygens (including phenoxy) is 1. The number of sulfone groups is 1. The first-order valence-corrected chi connectivity index (χ1v) is 11.6. The van der Waals surface area contributed by atoms with Crippen molar-refractivity contribution in [2.24, 2.45) is 5.92 Å². The van der Waals surface area contributed by atoms with Gasteiger partial charge in [-0.25, -0.2) is 13.2 Å². The molecule has 0 saturated carbocycles. The Labute approximate surface area is 179 Å². The van der Waals surface area contributed by atoms with Gasteiger partial charge in [0.1, 0.15) is 5.75 Å². The SMILES string of the molecule is CC(C)C(CS(=O)(=O)C(C)c1ccc(C#N)cc1)NC(=O)Oc1ccccc1Br. The van der Waals surface area contributed by atoms with Crippen LogP contribution in [0.25, 0.3) is 0 Å². The molecule has 1 amide bonds. The number of halogens is 1. The summed E-state index contributed by atoms with van der Waals surface area (Å²) in [7, 11) is -3.57. The van der Waals surface area contributed by atoms with Gasteiger partial charge >= 0.3 is 6.09 Å². The average Bonchev–Trinajstić information content (AvgIpc) is 2.68. The van der Waals surface area contributed by atoms with Crippen LogP contribution in [-0.2, 0) is 9.84 Å². The normalized spacial score (nSPS) is 13.4. The van der Waals surface area contributed by atoms with Gasteiger partial charge in [-0.3, -0.25) is 0 Å². The highest BCUT2D eigenvalue weighted by atomic mass is 79.9. The van der Waals surface area contributed by atoms with Crippen LogP contribution in [0.15, 0.2) is 53.0 Å². The highest BCUT2D eigenvalue weighted by molar-refractivity contribution is 9.10. The first-order chi connectivity index (χ1) is 13.6. The Morgan fingerprint density at radius 3 is 2.31 bits per heavy atom. The molecule has 29 heavy (non-hydrogen) atoms. The van der Waals surface area contributed by atoms with Crippen LogP contribution in [-0.4, -0.2) is 26.3 Å². The van der Waals surface area contributed by atoms with Crippen molar-refractivity contribution in [1.82, 2.24) is 5.32 Å². The summed E-state index contributed by atoms with van der Waals surface area (Å²) >= 11 is 3.30. The minimum atomic E-state index is -3.57. The highest BCUT2D eigenvalue weighted by Gasteiger charge is 2.29. The van der Waals surface area contributed by atoms with Gasteiger partial charge in [-0.05, 0) is 58.6 Å². The number of nitrogens with zero attached hydrogens (tertiary/aromatic N) is 1. The van der Waals surface area contributed by atoms with Crippen LogP contribution < -0.4 is 10.1 Å². The Balaban J connectivity index is 2.10. The van der Waals surface area contributed by atoms with Crippen molar-refractivity contribution in [2.45, 2.75) is 32.1 Å².